The van der Waals surface area contributed by atoms with Crippen molar-refractivity contribution in [3.05, 3.63) is 42.3 Å². The summed E-state index contributed by atoms with van der Waals surface area (Å²) in [5, 5.41) is 11.1. The minimum atomic E-state index is 0.423. The Morgan fingerprint density at radius 2 is 2.07 bits per heavy atom. The molecule has 1 aromatic heterocycles. The molecule has 70 valence electrons. The van der Waals surface area contributed by atoms with E-state index in [9.17, 15) is 0 Å². The van der Waals surface area contributed by atoms with E-state index >= 15 is 0 Å². The molecule has 0 saturated carbocycles. The van der Waals surface area contributed by atoms with E-state index in [0.29, 0.717) is 11.7 Å². The van der Waals surface area contributed by atoms with Crippen molar-refractivity contribution in [1.82, 2.24) is 4.98 Å². The Morgan fingerprint density at radius 1 is 1.29 bits per heavy atom. The van der Waals surface area contributed by atoms with Gasteiger partial charge in [0.1, 0.15) is 6.21 Å². The van der Waals surface area contributed by atoms with E-state index in [-0.39, 0.29) is 0 Å². The van der Waals surface area contributed by atoms with Crippen LogP contribution in [0, 0.1) is 0 Å². The molecule has 4 nitrogen and oxygen atoms in total. The van der Waals surface area contributed by atoms with E-state index in [2.05, 4.69) is 10.1 Å². The molecule has 0 aliphatic rings. The van der Waals surface area contributed by atoms with Crippen molar-refractivity contribution in [2.45, 2.75) is 0 Å². The molecule has 0 bridgehead atoms. The summed E-state index contributed by atoms with van der Waals surface area (Å²) in [5.74, 6) is 0.937. The zero-order chi connectivity index (χ0) is 9.80. The normalized spacial score (nSPS) is 10.9. The van der Waals surface area contributed by atoms with Gasteiger partial charge in [0.05, 0.1) is 6.20 Å². The Morgan fingerprint density at radius 3 is 2.79 bits per heavy atom. The van der Waals surface area contributed by atoms with Crippen molar-refractivity contribution in [3.63, 3.8) is 0 Å². The maximum absolute atomic E-state index is 8.28. The van der Waals surface area contributed by atoms with Crippen molar-refractivity contribution in [2.75, 3.05) is 0 Å². The van der Waals surface area contributed by atoms with Crippen LogP contribution in [0.5, 0.6) is 0 Å². The van der Waals surface area contributed by atoms with Crippen LogP contribution in [0.15, 0.2) is 46.1 Å². The second-order valence-electron chi connectivity index (χ2n) is 2.68. The Bertz CT molecular complexity index is 434. The highest BCUT2D eigenvalue weighted by molar-refractivity contribution is 5.75. The zero-order valence-electron chi connectivity index (χ0n) is 7.29. The van der Waals surface area contributed by atoms with Crippen LogP contribution in [0.1, 0.15) is 5.76 Å². The zero-order valence-corrected chi connectivity index (χ0v) is 7.29. The SMILES string of the molecule is O/N=C/c1cnc(-c2ccccc2)o1. The average Bonchev–Trinajstić information content (AvgIpc) is 2.68. The Kier molecular flexibility index (Phi) is 2.27. The fourth-order valence-electron chi connectivity index (χ4n) is 1.12. The second-order valence-corrected chi connectivity index (χ2v) is 2.68. The van der Waals surface area contributed by atoms with Crippen molar-refractivity contribution >= 4 is 6.21 Å². The van der Waals surface area contributed by atoms with Gasteiger partial charge in [-0.25, -0.2) is 4.98 Å². The number of oxazole rings is 1. The number of hydrogen-bond donors (Lipinski definition) is 1. The highest BCUT2D eigenvalue weighted by Crippen LogP contribution is 2.17. The first kappa shape index (κ1) is 8.50. The summed E-state index contributed by atoms with van der Waals surface area (Å²) in [4.78, 5) is 4.04. The molecule has 0 aliphatic carbocycles. The number of rotatable bonds is 2. The van der Waals surface area contributed by atoms with Gasteiger partial charge in [-0.2, -0.15) is 0 Å². The molecule has 1 N–H and O–H groups in total. The van der Waals surface area contributed by atoms with Crippen LogP contribution in [-0.2, 0) is 0 Å². The number of aromatic nitrogens is 1. The molecule has 2 aromatic rings. The van der Waals surface area contributed by atoms with Gasteiger partial charge in [-0.15, -0.1) is 0 Å². The molecule has 0 atom stereocenters. The van der Waals surface area contributed by atoms with E-state index in [1.54, 1.807) is 0 Å². The molecule has 14 heavy (non-hydrogen) atoms. The highest BCUT2D eigenvalue weighted by Gasteiger charge is 2.03. The van der Waals surface area contributed by atoms with Gasteiger partial charge in [0.2, 0.25) is 5.89 Å². The van der Waals surface area contributed by atoms with Crippen LogP contribution in [0.3, 0.4) is 0 Å². The van der Waals surface area contributed by atoms with E-state index in [4.69, 9.17) is 9.62 Å². The summed E-state index contributed by atoms with van der Waals surface area (Å²) in [7, 11) is 0. The Hall–Kier alpha value is -2.10. The highest BCUT2D eigenvalue weighted by atomic mass is 16.4. The Balaban J connectivity index is 2.34. The predicted molar refractivity (Wildman–Crippen MR) is 51.3 cm³/mol. The number of hydrogen-bond acceptors (Lipinski definition) is 4. The van der Waals surface area contributed by atoms with E-state index in [1.807, 2.05) is 30.3 Å². The van der Waals surface area contributed by atoms with Crippen molar-refractivity contribution in [1.29, 1.82) is 0 Å². The minimum absolute atomic E-state index is 0.423. The number of oxime groups is 1. The van der Waals surface area contributed by atoms with Gasteiger partial charge in [0.25, 0.3) is 0 Å². The molecule has 1 aromatic carbocycles. The van der Waals surface area contributed by atoms with E-state index < -0.39 is 0 Å². The lowest BCUT2D eigenvalue weighted by Crippen LogP contribution is -1.74. The first-order chi connectivity index (χ1) is 6.90. The largest absolute Gasteiger partial charge is 0.435 e. The van der Waals surface area contributed by atoms with Gasteiger partial charge in [-0.05, 0) is 12.1 Å². The lowest BCUT2D eigenvalue weighted by molar-refractivity contribution is 0.321. The minimum Gasteiger partial charge on any atom is -0.435 e. The molecule has 0 aliphatic heterocycles. The third-order valence-corrected chi connectivity index (χ3v) is 1.73. The average molecular weight is 188 g/mol. The van der Waals surface area contributed by atoms with Crippen LogP contribution in [-0.4, -0.2) is 16.4 Å². The first-order valence-electron chi connectivity index (χ1n) is 4.09. The molecule has 0 amide bonds. The van der Waals surface area contributed by atoms with Crippen molar-refractivity contribution in [3.8, 4) is 11.5 Å². The molecule has 4 heteroatoms. The van der Waals surface area contributed by atoms with Crippen LogP contribution >= 0.6 is 0 Å². The monoisotopic (exact) mass is 188 g/mol. The summed E-state index contributed by atoms with van der Waals surface area (Å²) >= 11 is 0. The van der Waals surface area contributed by atoms with Crippen molar-refractivity contribution < 1.29 is 9.62 Å². The third-order valence-electron chi connectivity index (χ3n) is 1.73. The van der Waals surface area contributed by atoms with Crippen LogP contribution < -0.4 is 0 Å². The molecule has 1 heterocycles. The molecule has 2 rings (SSSR count). The molecule has 0 unspecified atom stereocenters. The topological polar surface area (TPSA) is 58.6 Å². The summed E-state index contributed by atoms with van der Waals surface area (Å²) in [6, 6.07) is 9.51. The first-order valence-corrected chi connectivity index (χ1v) is 4.09. The van der Waals surface area contributed by atoms with Gasteiger partial charge in [0.15, 0.2) is 5.76 Å². The molecular formula is C10H8N2O2. The fraction of sp³-hybridized carbons (Fsp3) is 0. The predicted octanol–water partition coefficient (Wildman–Crippen LogP) is 2.15. The number of nitrogens with zero attached hydrogens (tertiary/aromatic N) is 2. The molecule has 0 saturated heterocycles. The van der Waals surface area contributed by atoms with Crippen molar-refractivity contribution in [2.24, 2.45) is 5.16 Å². The van der Waals surface area contributed by atoms with Gasteiger partial charge in [0, 0.05) is 5.56 Å². The molecule has 0 radical (unpaired) electrons. The van der Waals surface area contributed by atoms with Crippen LogP contribution in [0.25, 0.3) is 11.5 Å². The molecule has 0 spiro atoms. The van der Waals surface area contributed by atoms with Gasteiger partial charge in [-0.1, -0.05) is 23.4 Å². The smallest absolute Gasteiger partial charge is 0.226 e. The van der Waals surface area contributed by atoms with Crippen LogP contribution in [0.2, 0.25) is 0 Å². The quantitative estimate of drug-likeness (QED) is 0.446. The second kappa shape index (κ2) is 3.74. The number of benzene rings is 1. The van der Waals surface area contributed by atoms with Gasteiger partial charge < -0.3 is 9.62 Å². The maximum atomic E-state index is 8.28. The summed E-state index contributed by atoms with van der Waals surface area (Å²) < 4.78 is 5.29. The summed E-state index contributed by atoms with van der Waals surface area (Å²) in [6.07, 6.45) is 2.70. The van der Waals surface area contributed by atoms with Gasteiger partial charge >= 0.3 is 0 Å². The summed E-state index contributed by atoms with van der Waals surface area (Å²) in [5.41, 5.74) is 0.894. The lowest BCUT2D eigenvalue weighted by Gasteiger charge is -1.91. The third kappa shape index (κ3) is 1.64. The lowest BCUT2D eigenvalue weighted by atomic mass is 10.2. The van der Waals surface area contributed by atoms with Crippen LogP contribution in [0.4, 0.5) is 0 Å². The molecule has 0 fully saturated rings. The van der Waals surface area contributed by atoms with Gasteiger partial charge in [-0.3, -0.25) is 0 Å². The van der Waals surface area contributed by atoms with E-state index in [0.717, 1.165) is 5.56 Å². The standard InChI is InChI=1S/C10H8N2O2/c13-12-7-9-6-11-10(14-9)8-4-2-1-3-5-8/h1-7,13H/b12-7+. The fourth-order valence-corrected chi connectivity index (χ4v) is 1.12. The molecular weight excluding hydrogens is 180 g/mol. The van der Waals surface area contributed by atoms with E-state index in [1.165, 1.54) is 12.4 Å². The summed E-state index contributed by atoms with van der Waals surface area (Å²) in [6.45, 7) is 0. The maximum Gasteiger partial charge on any atom is 0.226 e. The Labute approximate surface area is 80.5 Å².